The van der Waals surface area contributed by atoms with E-state index in [1.807, 2.05) is 0 Å². The molecule has 0 bridgehead atoms. The number of rotatable bonds is 1. The molecule has 12 heavy (non-hydrogen) atoms. The van der Waals surface area contributed by atoms with Crippen LogP contribution in [0.25, 0.3) is 0 Å². The molecule has 0 aromatic carbocycles. The summed E-state index contributed by atoms with van der Waals surface area (Å²) in [6.45, 7) is 0.366. The van der Waals surface area contributed by atoms with Crippen molar-refractivity contribution in [3.05, 3.63) is 0 Å². The fourth-order valence-electron chi connectivity index (χ4n) is 0.816. The van der Waals surface area contributed by atoms with Crippen LogP contribution < -0.4 is 0 Å². The van der Waals surface area contributed by atoms with Gasteiger partial charge in [0.15, 0.2) is 0 Å². The number of aliphatic carboxylic acids is 1. The molecule has 1 amide bonds. The Morgan fingerprint density at radius 2 is 2.00 bits per heavy atom. The smallest absolute Gasteiger partial charge is 0.413 e. The minimum Gasteiger partial charge on any atom is -0.475 e. The van der Waals surface area contributed by atoms with Gasteiger partial charge in [0.25, 0.3) is 0 Å². The van der Waals surface area contributed by atoms with Gasteiger partial charge in [-0.25, -0.2) is 9.59 Å². The molecule has 1 radical (unpaired) electrons. The Hall–Kier alpha value is -0.590. The maximum absolute atomic E-state index is 10.3. The molecule has 6 nitrogen and oxygen atoms in total. The number of hydrogen-bond acceptors (Lipinski definition) is 3. The van der Waals surface area contributed by atoms with Gasteiger partial charge in [0.2, 0.25) is 5.84 Å². The molecule has 1 heterocycles. The summed E-state index contributed by atoms with van der Waals surface area (Å²) in [5.41, 5.74) is 0. The van der Waals surface area contributed by atoms with Crippen molar-refractivity contribution >= 4 is 47.5 Å². The van der Waals surface area contributed by atoms with Crippen LogP contribution in [0.15, 0.2) is 4.99 Å². The molecule has 0 aromatic rings. The molecule has 1 rings (SSSR count). The first kappa shape index (κ1) is 11.4. The molecule has 7 heteroatoms. The molecule has 0 saturated carbocycles. The first-order valence-electron chi connectivity index (χ1n) is 2.91. The second-order valence-corrected chi connectivity index (χ2v) is 1.94. The third-order valence-electron chi connectivity index (χ3n) is 1.26. The summed E-state index contributed by atoms with van der Waals surface area (Å²) in [5, 5.41) is 16.8. The maximum Gasteiger partial charge on any atom is 0.413 e. The number of hydrogen-bond donors (Lipinski definition) is 2. The molecule has 0 unspecified atom stereocenters. The number of carboxylic acid groups (broad SMARTS) is 2. The largest absolute Gasteiger partial charge is 0.475 e. The van der Waals surface area contributed by atoms with Crippen molar-refractivity contribution in [1.29, 1.82) is 0 Å². The van der Waals surface area contributed by atoms with E-state index in [0.717, 1.165) is 0 Å². The van der Waals surface area contributed by atoms with Crippen LogP contribution in [0, 0.1) is 0 Å². The Balaban J connectivity index is 0.00000121. The van der Waals surface area contributed by atoms with Gasteiger partial charge in [-0.2, -0.15) is 0 Å². The molecule has 0 aromatic heterocycles. The van der Waals surface area contributed by atoms with E-state index in [4.69, 9.17) is 10.2 Å². The summed E-state index contributed by atoms with van der Waals surface area (Å²) in [6.07, 6.45) is -1.27. The van der Waals surface area contributed by atoms with Gasteiger partial charge < -0.3 is 10.2 Å². The molecule has 1 aliphatic heterocycles. The van der Waals surface area contributed by atoms with E-state index >= 15 is 0 Å². The molecule has 1 aliphatic rings. The van der Waals surface area contributed by atoms with Gasteiger partial charge in [-0.05, 0) is 0 Å². The van der Waals surface area contributed by atoms with E-state index in [0.29, 0.717) is 4.90 Å². The predicted molar refractivity (Wildman–Crippen MR) is 40.4 cm³/mol. The summed E-state index contributed by atoms with van der Waals surface area (Å²) in [6, 6.07) is 0. The maximum atomic E-state index is 10.3. The van der Waals surface area contributed by atoms with Crippen LogP contribution in [0.3, 0.4) is 0 Å². The van der Waals surface area contributed by atoms with Crippen LogP contribution in [-0.4, -0.2) is 75.7 Å². The molecule has 0 fully saturated rings. The molecule has 2 N–H and O–H groups in total. The van der Waals surface area contributed by atoms with Gasteiger partial charge in [0, 0.05) is 29.6 Å². The van der Waals surface area contributed by atoms with E-state index < -0.39 is 17.9 Å². The first-order chi connectivity index (χ1) is 5.13. The van der Waals surface area contributed by atoms with Gasteiger partial charge in [-0.15, -0.1) is 0 Å². The number of aliphatic imine (C=N–C) groups is 1. The van der Waals surface area contributed by atoms with Gasteiger partial charge >= 0.3 is 12.1 Å². The summed E-state index contributed by atoms with van der Waals surface area (Å²) < 4.78 is 0. The van der Waals surface area contributed by atoms with Crippen LogP contribution in [-0.2, 0) is 4.79 Å². The van der Waals surface area contributed by atoms with Crippen LogP contribution in [0.4, 0.5) is 4.79 Å². The molecular formula is C5H6N2NaO4. The molecule has 0 saturated heterocycles. The summed E-state index contributed by atoms with van der Waals surface area (Å²) in [4.78, 5) is 24.8. The predicted octanol–water partition coefficient (Wildman–Crippen LogP) is -0.918. The van der Waals surface area contributed by atoms with Crippen LogP contribution in [0.1, 0.15) is 0 Å². The normalized spacial score (nSPS) is 15.0. The average molecular weight is 181 g/mol. The molecule has 61 valence electrons. The Labute approximate surface area is 90.2 Å². The zero-order valence-corrected chi connectivity index (χ0v) is 8.52. The summed E-state index contributed by atoms with van der Waals surface area (Å²) in [5.74, 6) is -1.69. The SMILES string of the molecule is O=C(O)C1=NCCN1C(=O)O.[Na]. The standard InChI is InChI=1S/C5H6N2O4.Na/c8-4(9)3-6-1-2-7(3)5(10)11;/h1-2H2,(H,8,9)(H,10,11);. The van der Waals surface area contributed by atoms with Crippen LogP contribution in [0.2, 0.25) is 0 Å². The van der Waals surface area contributed by atoms with Crippen molar-refractivity contribution in [2.75, 3.05) is 13.1 Å². The first-order valence-corrected chi connectivity index (χ1v) is 2.91. The van der Waals surface area contributed by atoms with Crippen LogP contribution in [0.5, 0.6) is 0 Å². The monoisotopic (exact) mass is 181 g/mol. The van der Waals surface area contributed by atoms with Crippen LogP contribution >= 0.6 is 0 Å². The fraction of sp³-hybridized carbons (Fsp3) is 0.400. The summed E-state index contributed by atoms with van der Waals surface area (Å²) >= 11 is 0. The van der Waals surface area contributed by atoms with Crippen molar-refractivity contribution in [1.82, 2.24) is 4.90 Å². The summed E-state index contributed by atoms with van der Waals surface area (Å²) in [7, 11) is 0. The average Bonchev–Trinajstić information content (AvgIpc) is 2.32. The number of amides is 1. The van der Waals surface area contributed by atoms with Gasteiger partial charge in [-0.3, -0.25) is 9.89 Å². The third kappa shape index (κ3) is 2.20. The van der Waals surface area contributed by atoms with E-state index in [-0.39, 0.29) is 42.6 Å². The van der Waals surface area contributed by atoms with Crippen molar-refractivity contribution in [3.63, 3.8) is 0 Å². The second-order valence-electron chi connectivity index (χ2n) is 1.94. The van der Waals surface area contributed by atoms with E-state index in [9.17, 15) is 9.59 Å². The van der Waals surface area contributed by atoms with E-state index in [1.165, 1.54) is 0 Å². The quantitative estimate of drug-likeness (QED) is 0.512. The van der Waals surface area contributed by atoms with E-state index in [1.54, 1.807) is 0 Å². The Morgan fingerprint density at radius 1 is 1.42 bits per heavy atom. The zero-order valence-electron chi connectivity index (χ0n) is 6.52. The molecule has 0 atom stereocenters. The van der Waals surface area contributed by atoms with Crippen molar-refractivity contribution < 1.29 is 19.8 Å². The zero-order chi connectivity index (χ0) is 8.43. The molecular weight excluding hydrogens is 175 g/mol. The van der Waals surface area contributed by atoms with Crippen molar-refractivity contribution in [2.45, 2.75) is 0 Å². The Morgan fingerprint density at radius 3 is 2.33 bits per heavy atom. The Kier molecular flexibility index (Phi) is 4.22. The van der Waals surface area contributed by atoms with Crippen molar-refractivity contribution in [2.24, 2.45) is 4.99 Å². The number of nitrogens with zero attached hydrogens (tertiary/aromatic N) is 2. The van der Waals surface area contributed by atoms with Gasteiger partial charge in [0.1, 0.15) is 0 Å². The number of amidine groups is 1. The minimum absolute atomic E-state index is 0. The molecule has 0 aliphatic carbocycles. The minimum atomic E-state index is -1.30. The Bertz CT molecular complexity index is 240. The van der Waals surface area contributed by atoms with Gasteiger partial charge in [-0.1, -0.05) is 0 Å². The topological polar surface area (TPSA) is 90.2 Å². The second kappa shape index (κ2) is 4.44. The third-order valence-corrected chi connectivity index (χ3v) is 1.26. The number of carbonyl (C=O) groups is 2. The van der Waals surface area contributed by atoms with Gasteiger partial charge in [0.05, 0.1) is 13.1 Å². The number of carboxylic acids is 1. The van der Waals surface area contributed by atoms with E-state index in [2.05, 4.69) is 4.99 Å². The molecule has 0 spiro atoms. The fourth-order valence-corrected chi connectivity index (χ4v) is 0.816. The van der Waals surface area contributed by atoms with Crippen molar-refractivity contribution in [3.8, 4) is 0 Å².